The molecule has 0 aromatic rings. The zero-order chi connectivity index (χ0) is 7.90. The Kier molecular flexibility index (Phi) is 1.46. The van der Waals surface area contributed by atoms with Crippen molar-refractivity contribution in [3.8, 4) is 0 Å². The maximum atomic E-state index is 4.17. The van der Waals surface area contributed by atoms with Crippen molar-refractivity contribution in [1.82, 2.24) is 10.2 Å². The molecule has 2 nitrogen and oxygen atoms in total. The highest BCUT2D eigenvalue weighted by Gasteiger charge is 2.45. The lowest BCUT2D eigenvalue weighted by atomic mass is 9.79. The molecule has 0 unspecified atom stereocenters. The van der Waals surface area contributed by atoms with Gasteiger partial charge in [0.2, 0.25) is 0 Å². The van der Waals surface area contributed by atoms with Gasteiger partial charge in [0.15, 0.2) is 0 Å². The third kappa shape index (κ3) is 0.822. The quantitative estimate of drug-likeness (QED) is 0.598. The molecule has 2 rings (SSSR count). The van der Waals surface area contributed by atoms with Crippen LogP contribution >= 0.6 is 0 Å². The third-order valence-electron chi connectivity index (χ3n) is 3.16. The van der Waals surface area contributed by atoms with Gasteiger partial charge in [-0.3, -0.25) is 0 Å². The minimum Gasteiger partial charge on any atom is -0.375 e. The third-order valence-corrected chi connectivity index (χ3v) is 3.16. The van der Waals surface area contributed by atoms with Crippen LogP contribution in [0.4, 0.5) is 0 Å². The van der Waals surface area contributed by atoms with Crippen LogP contribution in [0.3, 0.4) is 0 Å². The molecule has 0 radical (unpaired) electrons. The van der Waals surface area contributed by atoms with Gasteiger partial charge in [-0.2, -0.15) is 0 Å². The molecule has 11 heavy (non-hydrogen) atoms. The van der Waals surface area contributed by atoms with Crippen LogP contribution in [0.5, 0.6) is 0 Å². The lowest BCUT2D eigenvalue weighted by molar-refractivity contribution is 0.223. The Morgan fingerprint density at radius 1 is 1.64 bits per heavy atom. The molecule has 2 aliphatic rings. The maximum Gasteiger partial charge on any atom is 0.0362 e. The first kappa shape index (κ1) is 7.17. The van der Waals surface area contributed by atoms with Gasteiger partial charge in [0.1, 0.15) is 0 Å². The molecule has 62 valence electrons. The molecule has 0 amide bonds. The molecule has 1 spiro atoms. The summed E-state index contributed by atoms with van der Waals surface area (Å²) in [6.07, 6.45) is 1.31. The smallest absolute Gasteiger partial charge is 0.0362 e. The molecule has 0 aliphatic carbocycles. The molecular formula is C9H16N2. The Morgan fingerprint density at radius 2 is 2.36 bits per heavy atom. The van der Waals surface area contributed by atoms with E-state index in [0.29, 0.717) is 5.41 Å². The largest absolute Gasteiger partial charge is 0.375 e. The Labute approximate surface area is 68.3 Å². The fraction of sp³-hybridized carbons (Fsp3) is 0.778. The fourth-order valence-electron chi connectivity index (χ4n) is 2.12. The number of likely N-dealkylation sites (tertiary alicyclic amines) is 1. The normalized spacial score (nSPS) is 27.7. The summed E-state index contributed by atoms with van der Waals surface area (Å²) in [7, 11) is 0. The molecule has 0 atom stereocenters. The van der Waals surface area contributed by atoms with Crippen molar-refractivity contribution in [1.29, 1.82) is 0 Å². The number of hydrogen-bond acceptors (Lipinski definition) is 2. The zero-order valence-corrected chi connectivity index (χ0v) is 7.19. The Morgan fingerprint density at radius 3 is 2.64 bits per heavy atom. The predicted octanol–water partition coefficient (Wildman–Crippen LogP) is 0.815. The van der Waals surface area contributed by atoms with Crippen molar-refractivity contribution in [2.75, 3.05) is 26.2 Å². The summed E-state index contributed by atoms with van der Waals surface area (Å²) < 4.78 is 0. The molecule has 0 bridgehead atoms. The SMILES string of the molecule is C=C1N(CC)CCC12CNC2. The number of hydrogen-bond donors (Lipinski definition) is 1. The molecule has 2 heteroatoms. The molecule has 0 aromatic heterocycles. The van der Waals surface area contributed by atoms with E-state index in [-0.39, 0.29) is 0 Å². The molecule has 2 aliphatic heterocycles. The summed E-state index contributed by atoms with van der Waals surface area (Å²) in [5.41, 5.74) is 1.84. The highest BCUT2D eigenvalue weighted by molar-refractivity contribution is 5.20. The van der Waals surface area contributed by atoms with Crippen molar-refractivity contribution in [2.24, 2.45) is 5.41 Å². The summed E-state index contributed by atoms with van der Waals surface area (Å²) in [6.45, 7) is 11.0. The first-order valence-corrected chi connectivity index (χ1v) is 4.43. The molecule has 2 heterocycles. The van der Waals surface area contributed by atoms with Gasteiger partial charge in [0, 0.05) is 37.3 Å². The van der Waals surface area contributed by atoms with E-state index < -0.39 is 0 Å². The molecule has 0 aromatic carbocycles. The van der Waals surface area contributed by atoms with Crippen molar-refractivity contribution in [3.05, 3.63) is 12.3 Å². The fourth-order valence-corrected chi connectivity index (χ4v) is 2.12. The van der Waals surface area contributed by atoms with Crippen molar-refractivity contribution in [3.63, 3.8) is 0 Å². The summed E-state index contributed by atoms with van der Waals surface area (Å²) in [4.78, 5) is 2.40. The standard InChI is InChI=1S/C9H16N2/c1-3-11-5-4-9(8(11)2)6-10-7-9/h10H,2-7H2,1H3. The minimum atomic E-state index is 0.468. The van der Waals surface area contributed by atoms with E-state index >= 15 is 0 Å². The highest BCUT2D eigenvalue weighted by Crippen LogP contribution is 2.41. The van der Waals surface area contributed by atoms with Crippen LogP contribution in [0.15, 0.2) is 12.3 Å². The minimum absolute atomic E-state index is 0.468. The topological polar surface area (TPSA) is 15.3 Å². The van der Waals surface area contributed by atoms with E-state index in [1.807, 2.05) is 0 Å². The lowest BCUT2D eigenvalue weighted by Crippen LogP contribution is -2.53. The van der Waals surface area contributed by atoms with Gasteiger partial charge in [0.05, 0.1) is 0 Å². The second-order valence-corrected chi connectivity index (χ2v) is 3.66. The average Bonchev–Trinajstić information content (AvgIpc) is 2.25. The van der Waals surface area contributed by atoms with Crippen molar-refractivity contribution >= 4 is 0 Å². The van der Waals surface area contributed by atoms with E-state index in [1.165, 1.54) is 18.7 Å². The van der Waals surface area contributed by atoms with E-state index in [4.69, 9.17) is 0 Å². The molecule has 2 fully saturated rings. The second kappa shape index (κ2) is 2.24. The molecule has 2 saturated heterocycles. The molecular weight excluding hydrogens is 136 g/mol. The van der Waals surface area contributed by atoms with Crippen molar-refractivity contribution in [2.45, 2.75) is 13.3 Å². The van der Waals surface area contributed by atoms with E-state index in [1.54, 1.807) is 0 Å². The summed E-state index contributed by atoms with van der Waals surface area (Å²) in [5.74, 6) is 0. The van der Waals surface area contributed by atoms with E-state index in [0.717, 1.165) is 19.6 Å². The first-order chi connectivity index (χ1) is 5.28. The van der Waals surface area contributed by atoms with Gasteiger partial charge in [-0.05, 0) is 13.3 Å². The Bertz CT molecular complexity index is 182. The van der Waals surface area contributed by atoms with Gasteiger partial charge >= 0.3 is 0 Å². The van der Waals surface area contributed by atoms with Gasteiger partial charge < -0.3 is 10.2 Å². The van der Waals surface area contributed by atoms with E-state index in [2.05, 4.69) is 23.7 Å². The Hall–Kier alpha value is -0.500. The van der Waals surface area contributed by atoms with Gasteiger partial charge in [-0.1, -0.05) is 6.58 Å². The summed E-state index contributed by atoms with van der Waals surface area (Å²) >= 11 is 0. The molecule has 0 saturated carbocycles. The maximum absolute atomic E-state index is 4.17. The summed E-state index contributed by atoms with van der Waals surface area (Å²) in [6, 6.07) is 0. The first-order valence-electron chi connectivity index (χ1n) is 4.43. The van der Waals surface area contributed by atoms with Crippen LogP contribution in [0.25, 0.3) is 0 Å². The Balaban J connectivity index is 2.11. The van der Waals surface area contributed by atoms with Gasteiger partial charge in [-0.25, -0.2) is 0 Å². The van der Waals surface area contributed by atoms with E-state index in [9.17, 15) is 0 Å². The molecule has 1 N–H and O–H groups in total. The van der Waals surface area contributed by atoms with Crippen LogP contribution < -0.4 is 5.32 Å². The number of nitrogens with zero attached hydrogens (tertiary/aromatic N) is 1. The zero-order valence-electron chi connectivity index (χ0n) is 7.19. The summed E-state index contributed by atoms with van der Waals surface area (Å²) in [5, 5.41) is 3.33. The monoisotopic (exact) mass is 152 g/mol. The lowest BCUT2D eigenvalue weighted by Gasteiger charge is -2.40. The highest BCUT2D eigenvalue weighted by atomic mass is 15.2. The average molecular weight is 152 g/mol. The van der Waals surface area contributed by atoms with Crippen molar-refractivity contribution < 1.29 is 0 Å². The number of rotatable bonds is 1. The predicted molar refractivity (Wildman–Crippen MR) is 46.3 cm³/mol. The van der Waals surface area contributed by atoms with Crippen LogP contribution in [0.2, 0.25) is 0 Å². The van der Waals surface area contributed by atoms with Gasteiger partial charge in [-0.15, -0.1) is 0 Å². The van der Waals surface area contributed by atoms with Crippen LogP contribution in [0, 0.1) is 5.41 Å². The number of nitrogens with one attached hydrogen (secondary N) is 1. The van der Waals surface area contributed by atoms with Crippen LogP contribution in [-0.2, 0) is 0 Å². The second-order valence-electron chi connectivity index (χ2n) is 3.66. The van der Waals surface area contributed by atoms with Crippen LogP contribution in [0.1, 0.15) is 13.3 Å². The van der Waals surface area contributed by atoms with Crippen LogP contribution in [-0.4, -0.2) is 31.1 Å². The van der Waals surface area contributed by atoms with Gasteiger partial charge in [0.25, 0.3) is 0 Å².